The largest absolute Gasteiger partial charge is 0.324 e. The number of rotatable bonds is 3. The Morgan fingerprint density at radius 3 is 2.76 bits per heavy atom. The van der Waals surface area contributed by atoms with E-state index in [4.69, 9.17) is 17.3 Å². The first-order valence-electron chi connectivity index (χ1n) is 6.68. The summed E-state index contributed by atoms with van der Waals surface area (Å²) in [4.78, 5) is 4.33. The normalized spacial score (nSPS) is 12.5. The van der Waals surface area contributed by atoms with E-state index in [0.29, 0.717) is 6.42 Å². The van der Waals surface area contributed by atoms with E-state index >= 15 is 0 Å². The van der Waals surface area contributed by atoms with E-state index in [-0.39, 0.29) is 11.1 Å². The summed E-state index contributed by atoms with van der Waals surface area (Å²) in [7, 11) is 0. The quantitative estimate of drug-likeness (QED) is 0.784. The molecule has 0 radical (unpaired) electrons. The van der Waals surface area contributed by atoms with Crippen molar-refractivity contribution in [2.45, 2.75) is 12.5 Å². The molecule has 1 aromatic heterocycles. The Labute approximate surface area is 127 Å². The zero-order chi connectivity index (χ0) is 14.8. The molecule has 1 atom stereocenters. The fourth-order valence-electron chi connectivity index (χ4n) is 2.47. The Balaban J connectivity index is 1.93. The maximum Gasteiger partial charge on any atom is 0.141 e. The second-order valence-corrected chi connectivity index (χ2v) is 5.38. The van der Waals surface area contributed by atoms with Crippen LogP contribution in [0.4, 0.5) is 4.39 Å². The van der Waals surface area contributed by atoms with Crippen molar-refractivity contribution in [1.29, 1.82) is 0 Å². The van der Waals surface area contributed by atoms with Gasteiger partial charge in [0.25, 0.3) is 0 Å². The SMILES string of the molecule is NC(Cc1ccc(F)c(Cl)c1)c1ccnc2ccccc12. The second-order valence-electron chi connectivity index (χ2n) is 4.98. The number of hydrogen-bond donors (Lipinski definition) is 1. The molecule has 0 aliphatic rings. The van der Waals surface area contributed by atoms with Gasteiger partial charge in [0.2, 0.25) is 0 Å². The number of aromatic nitrogens is 1. The Morgan fingerprint density at radius 2 is 1.95 bits per heavy atom. The van der Waals surface area contributed by atoms with Gasteiger partial charge in [-0.1, -0.05) is 35.9 Å². The number of nitrogens with two attached hydrogens (primary N) is 1. The number of pyridine rings is 1. The summed E-state index contributed by atoms with van der Waals surface area (Å²) in [5, 5.41) is 1.17. The highest BCUT2D eigenvalue weighted by molar-refractivity contribution is 6.30. The predicted octanol–water partition coefficient (Wildman–Crippen LogP) is 4.27. The van der Waals surface area contributed by atoms with Crippen molar-refractivity contribution >= 4 is 22.5 Å². The minimum Gasteiger partial charge on any atom is -0.324 e. The summed E-state index contributed by atoms with van der Waals surface area (Å²) in [6, 6.07) is 14.3. The standard InChI is InChI=1S/C17H14ClFN2/c18-14-9-11(5-6-15(14)19)10-16(20)12-7-8-21-17-4-2-1-3-13(12)17/h1-9,16H,10,20H2. The van der Waals surface area contributed by atoms with Crippen LogP contribution in [0.1, 0.15) is 17.2 Å². The van der Waals surface area contributed by atoms with Crippen LogP contribution in [-0.4, -0.2) is 4.98 Å². The summed E-state index contributed by atoms with van der Waals surface area (Å²) in [5.74, 6) is -0.414. The van der Waals surface area contributed by atoms with Crippen LogP contribution in [0, 0.1) is 5.82 Å². The molecule has 2 N–H and O–H groups in total. The van der Waals surface area contributed by atoms with Crippen molar-refractivity contribution in [1.82, 2.24) is 4.98 Å². The van der Waals surface area contributed by atoms with Crippen LogP contribution in [-0.2, 0) is 6.42 Å². The Hall–Kier alpha value is -1.97. The van der Waals surface area contributed by atoms with Crippen LogP contribution in [0.2, 0.25) is 5.02 Å². The molecule has 2 nitrogen and oxygen atoms in total. The third kappa shape index (κ3) is 2.89. The van der Waals surface area contributed by atoms with E-state index in [1.165, 1.54) is 6.07 Å². The van der Waals surface area contributed by atoms with Gasteiger partial charge in [-0.15, -0.1) is 0 Å². The van der Waals surface area contributed by atoms with Gasteiger partial charge in [-0.05, 0) is 41.8 Å². The minimum absolute atomic E-state index is 0.124. The van der Waals surface area contributed by atoms with E-state index in [2.05, 4.69) is 4.98 Å². The maximum absolute atomic E-state index is 13.2. The molecular formula is C17H14ClFN2. The number of halogens is 2. The Kier molecular flexibility index (Phi) is 3.86. The topological polar surface area (TPSA) is 38.9 Å². The first-order chi connectivity index (χ1) is 10.1. The second kappa shape index (κ2) is 5.80. The molecule has 0 aliphatic carbocycles. The zero-order valence-corrected chi connectivity index (χ0v) is 12.0. The van der Waals surface area contributed by atoms with Gasteiger partial charge in [-0.25, -0.2) is 4.39 Å². The van der Waals surface area contributed by atoms with Gasteiger partial charge in [-0.2, -0.15) is 0 Å². The Bertz CT molecular complexity index is 783. The van der Waals surface area contributed by atoms with Gasteiger partial charge in [0.1, 0.15) is 5.82 Å². The average molecular weight is 301 g/mol. The number of fused-ring (bicyclic) bond motifs is 1. The lowest BCUT2D eigenvalue weighted by Gasteiger charge is -2.14. The smallest absolute Gasteiger partial charge is 0.141 e. The molecule has 3 aromatic rings. The lowest BCUT2D eigenvalue weighted by molar-refractivity contribution is 0.626. The van der Waals surface area contributed by atoms with Crippen LogP contribution >= 0.6 is 11.6 Å². The minimum atomic E-state index is -0.414. The predicted molar refractivity (Wildman–Crippen MR) is 83.8 cm³/mol. The molecule has 0 aliphatic heterocycles. The van der Waals surface area contributed by atoms with Crippen molar-refractivity contribution in [3.8, 4) is 0 Å². The number of hydrogen-bond acceptors (Lipinski definition) is 2. The first-order valence-corrected chi connectivity index (χ1v) is 7.06. The molecule has 21 heavy (non-hydrogen) atoms. The summed E-state index contributed by atoms with van der Waals surface area (Å²) >= 11 is 5.81. The molecule has 0 spiro atoms. The number of nitrogens with zero attached hydrogens (tertiary/aromatic N) is 1. The van der Waals surface area contributed by atoms with Crippen LogP contribution in [0.15, 0.2) is 54.7 Å². The molecule has 3 rings (SSSR count). The fraction of sp³-hybridized carbons (Fsp3) is 0.118. The molecule has 0 fully saturated rings. The Morgan fingerprint density at radius 1 is 1.14 bits per heavy atom. The third-order valence-electron chi connectivity index (χ3n) is 3.52. The summed E-state index contributed by atoms with van der Waals surface area (Å²) in [6.45, 7) is 0. The molecule has 4 heteroatoms. The van der Waals surface area contributed by atoms with E-state index in [1.807, 2.05) is 30.3 Å². The third-order valence-corrected chi connectivity index (χ3v) is 3.81. The number of para-hydroxylation sites is 1. The average Bonchev–Trinajstić information content (AvgIpc) is 2.50. The molecule has 0 saturated heterocycles. The summed E-state index contributed by atoms with van der Waals surface area (Å²) < 4.78 is 13.2. The van der Waals surface area contributed by atoms with Gasteiger partial charge in [0, 0.05) is 17.6 Å². The molecule has 0 bridgehead atoms. The van der Waals surface area contributed by atoms with E-state index in [0.717, 1.165) is 22.0 Å². The van der Waals surface area contributed by atoms with Crippen molar-refractivity contribution in [2.24, 2.45) is 5.73 Å². The van der Waals surface area contributed by atoms with Crippen molar-refractivity contribution in [3.05, 3.63) is 76.7 Å². The molecule has 1 heterocycles. The van der Waals surface area contributed by atoms with Gasteiger partial charge < -0.3 is 5.73 Å². The highest BCUT2D eigenvalue weighted by atomic mass is 35.5. The summed E-state index contributed by atoms with van der Waals surface area (Å²) in [6.07, 6.45) is 2.35. The van der Waals surface area contributed by atoms with Gasteiger partial charge in [0.05, 0.1) is 10.5 Å². The lowest BCUT2D eigenvalue weighted by atomic mass is 9.97. The monoisotopic (exact) mass is 300 g/mol. The van der Waals surface area contributed by atoms with E-state index in [1.54, 1.807) is 18.3 Å². The molecular weight excluding hydrogens is 287 g/mol. The van der Waals surface area contributed by atoms with Crippen LogP contribution < -0.4 is 5.73 Å². The molecule has 2 aromatic carbocycles. The zero-order valence-electron chi connectivity index (χ0n) is 11.3. The van der Waals surface area contributed by atoms with Crippen LogP contribution in [0.5, 0.6) is 0 Å². The lowest BCUT2D eigenvalue weighted by Crippen LogP contribution is -2.14. The van der Waals surface area contributed by atoms with E-state index < -0.39 is 5.82 Å². The first kappa shape index (κ1) is 14.0. The van der Waals surface area contributed by atoms with E-state index in [9.17, 15) is 4.39 Å². The molecule has 0 amide bonds. The maximum atomic E-state index is 13.2. The van der Waals surface area contributed by atoms with Gasteiger partial charge in [0.15, 0.2) is 0 Å². The van der Waals surface area contributed by atoms with Gasteiger partial charge in [-0.3, -0.25) is 4.98 Å². The summed E-state index contributed by atoms with van der Waals surface area (Å²) in [5.41, 5.74) is 9.18. The van der Waals surface area contributed by atoms with Crippen molar-refractivity contribution < 1.29 is 4.39 Å². The molecule has 1 unspecified atom stereocenters. The van der Waals surface area contributed by atoms with Crippen molar-refractivity contribution in [2.75, 3.05) is 0 Å². The molecule has 106 valence electrons. The fourth-order valence-corrected chi connectivity index (χ4v) is 2.67. The van der Waals surface area contributed by atoms with Crippen LogP contribution in [0.25, 0.3) is 10.9 Å². The number of benzene rings is 2. The van der Waals surface area contributed by atoms with Crippen molar-refractivity contribution in [3.63, 3.8) is 0 Å². The van der Waals surface area contributed by atoms with Crippen LogP contribution in [0.3, 0.4) is 0 Å². The highest BCUT2D eigenvalue weighted by Gasteiger charge is 2.12. The highest BCUT2D eigenvalue weighted by Crippen LogP contribution is 2.25. The molecule has 0 saturated carbocycles. The van der Waals surface area contributed by atoms with Gasteiger partial charge >= 0.3 is 0 Å².